The van der Waals surface area contributed by atoms with Gasteiger partial charge in [0.15, 0.2) is 0 Å². The number of nitrogens with zero attached hydrogens (tertiary/aromatic N) is 1. The molecule has 1 aromatic carbocycles. The van der Waals surface area contributed by atoms with Crippen LogP contribution in [-0.2, 0) is 14.8 Å². The van der Waals surface area contributed by atoms with E-state index in [2.05, 4.69) is 12.2 Å². The molecule has 1 N–H and O–H groups in total. The summed E-state index contributed by atoms with van der Waals surface area (Å²) in [5, 5.41) is 4.66. The molecule has 1 saturated heterocycles. The van der Waals surface area contributed by atoms with Gasteiger partial charge in [0.1, 0.15) is 16.6 Å². The first kappa shape index (κ1) is 20.8. The van der Waals surface area contributed by atoms with Gasteiger partial charge in [-0.15, -0.1) is 11.3 Å². The van der Waals surface area contributed by atoms with Crippen molar-refractivity contribution >= 4 is 27.3 Å². The van der Waals surface area contributed by atoms with Gasteiger partial charge in [0.05, 0.1) is 6.54 Å². The van der Waals surface area contributed by atoms with Gasteiger partial charge in [-0.1, -0.05) is 12.1 Å². The van der Waals surface area contributed by atoms with Gasteiger partial charge in [-0.2, -0.15) is 4.31 Å². The van der Waals surface area contributed by atoms with Crippen LogP contribution in [0.2, 0.25) is 0 Å². The van der Waals surface area contributed by atoms with E-state index in [9.17, 15) is 13.2 Å². The van der Waals surface area contributed by atoms with Crippen LogP contribution in [0.25, 0.3) is 0 Å². The first-order valence-electron chi connectivity index (χ1n) is 9.39. The van der Waals surface area contributed by atoms with Gasteiger partial charge in [0.25, 0.3) is 10.0 Å². The molecular formula is C20H26N2O4S2. The summed E-state index contributed by atoms with van der Waals surface area (Å²) < 4.78 is 32.6. The van der Waals surface area contributed by atoms with Gasteiger partial charge in [-0.05, 0) is 61.4 Å². The minimum atomic E-state index is -3.43. The van der Waals surface area contributed by atoms with Crippen LogP contribution in [0.15, 0.2) is 39.9 Å². The van der Waals surface area contributed by atoms with Gasteiger partial charge in [-0.25, -0.2) is 8.42 Å². The summed E-state index contributed by atoms with van der Waals surface area (Å²) >= 11 is 1.22. The Balaban J connectivity index is 1.41. The average molecular weight is 423 g/mol. The minimum absolute atomic E-state index is 0.0307. The summed E-state index contributed by atoms with van der Waals surface area (Å²) in [6.45, 7) is 5.67. The van der Waals surface area contributed by atoms with E-state index in [1.54, 1.807) is 17.5 Å². The van der Waals surface area contributed by atoms with Crippen LogP contribution in [0, 0.1) is 19.8 Å². The molecule has 1 aromatic heterocycles. The van der Waals surface area contributed by atoms with Crippen molar-refractivity contribution in [3.05, 3.63) is 46.8 Å². The van der Waals surface area contributed by atoms with Crippen molar-refractivity contribution in [1.29, 1.82) is 0 Å². The maximum absolute atomic E-state index is 12.5. The molecule has 6 nitrogen and oxygen atoms in total. The summed E-state index contributed by atoms with van der Waals surface area (Å²) in [5.74, 6) is 0.609. The van der Waals surface area contributed by atoms with E-state index < -0.39 is 10.0 Å². The van der Waals surface area contributed by atoms with E-state index in [4.69, 9.17) is 4.74 Å². The summed E-state index contributed by atoms with van der Waals surface area (Å²) in [7, 11) is -3.43. The molecule has 1 amide bonds. The summed E-state index contributed by atoms with van der Waals surface area (Å²) in [6.07, 6.45) is 1.07. The number of hydrogen-bond donors (Lipinski definition) is 1. The number of benzene rings is 1. The summed E-state index contributed by atoms with van der Waals surface area (Å²) in [5.41, 5.74) is 2.39. The Labute approximate surface area is 170 Å². The average Bonchev–Trinajstić information content (AvgIpc) is 3.23. The Morgan fingerprint density at radius 3 is 2.61 bits per heavy atom. The summed E-state index contributed by atoms with van der Waals surface area (Å²) in [6, 6.07) is 9.28. The van der Waals surface area contributed by atoms with Crippen molar-refractivity contribution in [2.45, 2.75) is 30.9 Å². The number of amides is 1. The largest absolute Gasteiger partial charge is 0.492 e. The topological polar surface area (TPSA) is 75.7 Å². The fraction of sp³-hybridized carbons (Fsp3) is 0.450. The first-order chi connectivity index (χ1) is 13.4. The van der Waals surface area contributed by atoms with Crippen LogP contribution < -0.4 is 10.1 Å². The monoisotopic (exact) mass is 422 g/mol. The molecule has 28 heavy (non-hydrogen) atoms. The number of nitrogens with one attached hydrogen (secondary N) is 1. The van der Waals surface area contributed by atoms with Crippen LogP contribution in [0.5, 0.6) is 5.75 Å². The molecule has 0 unspecified atom stereocenters. The lowest BCUT2D eigenvalue weighted by molar-refractivity contribution is -0.126. The maximum atomic E-state index is 12.5. The number of ether oxygens (including phenoxy) is 1. The molecule has 2 aromatic rings. The van der Waals surface area contributed by atoms with Crippen molar-refractivity contribution in [2.24, 2.45) is 5.92 Å². The first-order valence-corrected chi connectivity index (χ1v) is 11.7. The van der Waals surface area contributed by atoms with Gasteiger partial charge >= 0.3 is 0 Å². The molecule has 2 heterocycles. The maximum Gasteiger partial charge on any atom is 0.252 e. The number of carbonyl (C=O) groups is 1. The van der Waals surface area contributed by atoms with Gasteiger partial charge in [0.2, 0.25) is 5.91 Å². The second-order valence-corrected chi connectivity index (χ2v) is 10.1. The van der Waals surface area contributed by atoms with Crippen LogP contribution in [0.3, 0.4) is 0 Å². The molecule has 1 fully saturated rings. The van der Waals surface area contributed by atoms with E-state index in [1.807, 2.05) is 25.1 Å². The number of hydrogen-bond acceptors (Lipinski definition) is 5. The Kier molecular flexibility index (Phi) is 6.74. The lowest BCUT2D eigenvalue weighted by atomic mass is 9.97. The Bertz CT molecular complexity index is 902. The Morgan fingerprint density at radius 2 is 1.96 bits per heavy atom. The third kappa shape index (κ3) is 4.92. The molecular weight excluding hydrogens is 396 g/mol. The zero-order valence-corrected chi connectivity index (χ0v) is 17.8. The highest BCUT2D eigenvalue weighted by Crippen LogP contribution is 2.26. The number of thiophene rings is 1. The number of sulfonamides is 1. The second kappa shape index (κ2) is 9.07. The van der Waals surface area contributed by atoms with E-state index in [0.29, 0.717) is 43.3 Å². The van der Waals surface area contributed by atoms with Crippen molar-refractivity contribution in [3.63, 3.8) is 0 Å². The molecule has 8 heteroatoms. The lowest BCUT2D eigenvalue weighted by Crippen LogP contribution is -2.43. The fourth-order valence-electron chi connectivity index (χ4n) is 3.19. The van der Waals surface area contributed by atoms with E-state index in [1.165, 1.54) is 26.8 Å². The van der Waals surface area contributed by atoms with Gasteiger partial charge < -0.3 is 10.1 Å². The van der Waals surface area contributed by atoms with E-state index in [0.717, 1.165) is 5.75 Å². The highest BCUT2D eigenvalue weighted by atomic mass is 32.2. The number of rotatable bonds is 7. The number of piperidine rings is 1. The number of aryl methyl sites for hydroxylation is 2. The lowest BCUT2D eigenvalue weighted by Gasteiger charge is -2.30. The smallest absolute Gasteiger partial charge is 0.252 e. The van der Waals surface area contributed by atoms with Crippen molar-refractivity contribution in [1.82, 2.24) is 9.62 Å². The van der Waals surface area contributed by atoms with E-state index >= 15 is 0 Å². The molecule has 0 aliphatic carbocycles. The zero-order valence-electron chi connectivity index (χ0n) is 16.2. The number of carbonyl (C=O) groups excluding carboxylic acids is 1. The van der Waals surface area contributed by atoms with Gasteiger partial charge in [0, 0.05) is 19.0 Å². The molecule has 0 atom stereocenters. The molecule has 0 spiro atoms. The van der Waals surface area contributed by atoms with Crippen molar-refractivity contribution < 1.29 is 17.9 Å². The second-order valence-electron chi connectivity index (χ2n) is 7.00. The van der Waals surface area contributed by atoms with Crippen LogP contribution in [-0.4, -0.2) is 44.9 Å². The highest BCUT2D eigenvalue weighted by Gasteiger charge is 2.32. The zero-order chi connectivity index (χ0) is 20.1. The molecule has 1 aliphatic heterocycles. The predicted molar refractivity (Wildman–Crippen MR) is 110 cm³/mol. The Hall–Kier alpha value is -1.90. The SMILES string of the molecule is Cc1ccc(OCCNC(=O)C2CCN(S(=O)(=O)c3cccs3)CC2)cc1C. The van der Waals surface area contributed by atoms with Crippen molar-refractivity contribution in [3.8, 4) is 5.75 Å². The Morgan fingerprint density at radius 1 is 1.21 bits per heavy atom. The molecule has 0 saturated carbocycles. The van der Waals surface area contributed by atoms with E-state index in [-0.39, 0.29) is 11.8 Å². The van der Waals surface area contributed by atoms with Crippen LogP contribution >= 0.6 is 11.3 Å². The predicted octanol–water partition coefficient (Wildman–Crippen LogP) is 2.96. The van der Waals surface area contributed by atoms with Crippen LogP contribution in [0.4, 0.5) is 0 Å². The third-order valence-electron chi connectivity index (χ3n) is 5.06. The molecule has 152 valence electrons. The normalized spacial score (nSPS) is 16.1. The summed E-state index contributed by atoms with van der Waals surface area (Å²) in [4.78, 5) is 12.4. The molecule has 1 aliphatic rings. The van der Waals surface area contributed by atoms with Crippen molar-refractivity contribution in [2.75, 3.05) is 26.2 Å². The molecule has 0 bridgehead atoms. The van der Waals surface area contributed by atoms with Crippen LogP contribution in [0.1, 0.15) is 24.0 Å². The fourth-order valence-corrected chi connectivity index (χ4v) is 5.80. The standard InChI is InChI=1S/C20H26N2O4S2/c1-15-5-6-18(14-16(15)2)26-12-9-21-20(23)17-7-10-22(11-8-17)28(24,25)19-4-3-13-27-19/h3-6,13-14,17H,7-12H2,1-2H3,(H,21,23). The molecule has 0 radical (unpaired) electrons. The molecule has 3 rings (SSSR count). The van der Waals surface area contributed by atoms with Gasteiger partial charge in [-0.3, -0.25) is 4.79 Å². The minimum Gasteiger partial charge on any atom is -0.492 e. The highest BCUT2D eigenvalue weighted by molar-refractivity contribution is 7.91. The third-order valence-corrected chi connectivity index (χ3v) is 8.33. The quantitative estimate of drug-likeness (QED) is 0.696.